The van der Waals surface area contributed by atoms with Crippen LogP contribution in [0.25, 0.3) is 0 Å². The molecule has 0 saturated heterocycles. The number of benzene rings is 2. The SMILES string of the molecule is C=CC(N)=O.CCC(=O)C(CC(C)N(C)C)(c1ccccc1)c1ccccc1.Cl. The van der Waals surface area contributed by atoms with Crippen molar-refractivity contribution in [2.75, 3.05) is 14.1 Å². The lowest BCUT2D eigenvalue weighted by Crippen LogP contribution is -2.42. The Labute approximate surface area is 181 Å². The first-order chi connectivity index (χ1) is 13.3. The van der Waals surface area contributed by atoms with E-state index in [0.717, 1.165) is 23.6 Å². The number of nitrogens with zero attached hydrogens (tertiary/aromatic N) is 1. The molecule has 29 heavy (non-hydrogen) atoms. The topological polar surface area (TPSA) is 63.4 Å². The number of carbonyl (C=O) groups excluding carboxylic acids is 2. The first-order valence-corrected chi connectivity index (χ1v) is 9.52. The number of hydrogen-bond acceptors (Lipinski definition) is 3. The zero-order chi connectivity index (χ0) is 21.2. The van der Waals surface area contributed by atoms with E-state index in [0.29, 0.717) is 12.5 Å². The third-order valence-electron chi connectivity index (χ3n) is 5.01. The van der Waals surface area contributed by atoms with Gasteiger partial charge in [-0.15, -0.1) is 12.4 Å². The quantitative estimate of drug-likeness (QED) is 0.650. The number of primary amides is 1. The zero-order valence-electron chi connectivity index (χ0n) is 17.8. The lowest BCUT2D eigenvalue weighted by molar-refractivity contribution is -0.123. The standard InChI is InChI=1S/C21H27NO.C3H5NO.ClH/c1-5-20(23)21(16-17(2)22(3)4,18-12-8-6-9-13-18)19-14-10-7-11-15-19;1-2-3(4)5;/h6-15,17H,5,16H2,1-4H3;2H,1H2,(H2,4,5);1H. The van der Waals surface area contributed by atoms with Crippen LogP contribution in [0.2, 0.25) is 0 Å². The minimum Gasteiger partial charge on any atom is -0.366 e. The van der Waals surface area contributed by atoms with Crippen LogP contribution < -0.4 is 5.73 Å². The molecular formula is C24H33ClN2O2. The molecule has 1 unspecified atom stereocenters. The van der Waals surface area contributed by atoms with E-state index in [1.807, 2.05) is 43.3 Å². The van der Waals surface area contributed by atoms with Gasteiger partial charge in [0.05, 0.1) is 5.41 Å². The van der Waals surface area contributed by atoms with Crippen LogP contribution in [-0.2, 0) is 15.0 Å². The second-order valence-corrected chi connectivity index (χ2v) is 7.04. The largest absolute Gasteiger partial charge is 0.366 e. The molecule has 0 saturated carbocycles. The fourth-order valence-electron chi connectivity index (χ4n) is 3.21. The zero-order valence-corrected chi connectivity index (χ0v) is 18.6. The Morgan fingerprint density at radius 3 is 1.69 bits per heavy atom. The smallest absolute Gasteiger partial charge is 0.240 e. The Bertz CT molecular complexity index is 721. The summed E-state index contributed by atoms with van der Waals surface area (Å²) in [6, 6.07) is 20.7. The maximum absolute atomic E-state index is 13.2. The van der Waals surface area contributed by atoms with Crippen molar-refractivity contribution >= 4 is 24.1 Å². The number of ketones is 1. The molecule has 0 aliphatic rings. The summed E-state index contributed by atoms with van der Waals surface area (Å²) in [5.74, 6) is -0.200. The van der Waals surface area contributed by atoms with Gasteiger partial charge in [-0.1, -0.05) is 74.2 Å². The van der Waals surface area contributed by atoms with Gasteiger partial charge in [0, 0.05) is 12.5 Å². The molecule has 5 heteroatoms. The van der Waals surface area contributed by atoms with Gasteiger partial charge in [-0.25, -0.2) is 0 Å². The van der Waals surface area contributed by atoms with Gasteiger partial charge in [-0.2, -0.15) is 0 Å². The van der Waals surface area contributed by atoms with Crippen LogP contribution in [0.5, 0.6) is 0 Å². The summed E-state index contributed by atoms with van der Waals surface area (Å²) in [5.41, 5.74) is 6.13. The van der Waals surface area contributed by atoms with Crippen molar-refractivity contribution in [3.8, 4) is 0 Å². The molecule has 2 N–H and O–H groups in total. The molecule has 2 aromatic rings. The van der Waals surface area contributed by atoms with E-state index in [1.54, 1.807) is 0 Å². The number of amides is 1. The predicted octanol–water partition coefficient (Wildman–Crippen LogP) is 4.37. The summed E-state index contributed by atoms with van der Waals surface area (Å²) >= 11 is 0. The van der Waals surface area contributed by atoms with Crippen molar-refractivity contribution in [2.24, 2.45) is 5.73 Å². The van der Waals surface area contributed by atoms with Crippen LogP contribution in [0.3, 0.4) is 0 Å². The van der Waals surface area contributed by atoms with Crippen LogP contribution in [0.1, 0.15) is 37.8 Å². The average molecular weight is 417 g/mol. The predicted molar refractivity (Wildman–Crippen MR) is 123 cm³/mol. The highest BCUT2D eigenvalue weighted by Gasteiger charge is 2.41. The van der Waals surface area contributed by atoms with E-state index in [-0.39, 0.29) is 18.2 Å². The summed E-state index contributed by atoms with van der Waals surface area (Å²) in [5, 5.41) is 0. The summed E-state index contributed by atoms with van der Waals surface area (Å²) in [4.78, 5) is 24.8. The molecule has 0 radical (unpaired) electrons. The number of carbonyl (C=O) groups is 2. The highest BCUT2D eigenvalue weighted by atomic mass is 35.5. The minimum absolute atomic E-state index is 0. The van der Waals surface area contributed by atoms with Crippen LogP contribution >= 0.6 is 12.4 Å². The van der Waals surface area contributed by atoms with Gasteiger partial charge in [-0.3, -0.25) is 9.59 Å². The Morgan fingerprint density at radius 2 is 1.41 bits per heavy atom. The van der Waals surface area contributed by atoms with Gasteiger partial charge in [0.15, 0.2) is 0 Å². The third kappa shape index (κ3) is 7.15. The highest BCUT2D eigenvalue weighted by Crippen LogP contribution is 2.39. The minimum atomic E-state index is -0.582. The molecule has 0 bridgehead atoms. The molecule has 0 spiro atoms. The van der Waals surface area contributed by atoms with E-state index in [1.165, 1.54) is 0 Å². The summed E-state index contributed by atoms with van der Waals surface area (Å²) in [7, 11) is 4.14. The molecule has 0 aromatic heterocycles. The number of Topliss-reactive ketones (excluding diaryl/α,β-unsaturated/α-hetero) is 1. The van der Waals surface area contributed by atoms with Gasteiger partial charge in [0.1, 0.15) is 5.78 Å². The normalized spacial score (nSPS) is 11.5. The van der Waals surface area contributed by atoms with Gasteiger partial charge in [-0.05, 0) is 44.6 Å². The van der Waals surface area contributed by atoms with Crippen molar-refractivity contribution in [3.05, 3.63) is 84.4 Å². The molecule has 1 amide bonds. The van der Waals surface area contributed by atoms with Crippen LogP contribution in [-0.4, -0.2) is 36.7 Å². The average Bonchev–Trinajstić information content (AvgIpc) is 2.72. The molecule has 2 rings (SSSR count). The van der Waals surface area contributed by atoms with E-state index in [2.05, 4.69) is 62.5 Å². The van der Waals surface area contributed by atoms with E-state index in [9.17, 15) is 9.59 Å². The van der Waals surface area contributed by atoms with Crippen LogP contribution in [0.15, 0.2) is 73.3 Å². The number of rotatable bonds is 8. The summed E-state index contributed by atoms with van der Waals surface area (Å²) < 4.78 is 0. The van der Waals surface area contributed by atoms with Gasteiger partial charge in [0.25, 0.3) is 0 Å². The summed E-state index contributed by atoms with van der Waals surface area (Å²) in [6.45, 7) is 7.23. The lowest BCUT2D eigenvalue weighted by Gasteiger charge is -2.37. The van der Waals surface area contributed by atoms with E-state index < -0.39 is 11.3 Å². The van der Waals surface area contributed by atoms with Crippen molar-refractivity contribution < 1.29 is 9.59 Å². The first kappa shape index (κ1) is 26.6. The van der Waals surface area contributed by atoms with E-state index in [4.69, 9.17) is 0 Å². The molecule has 4 nitrogen and oxygen atoms in total. The molecule has 2 aromatic carbocycles. The van der Waals surface area contributed by atoms with Crippen molar-refractivity contribution in [2.45, 2.75) is 38.1 Å². The molecule has 0 aliphatic heterocycles. The molecule has 0 fully saturated rings. The summed E-state index contributed by atoms with van der Waals surface area (Å²) in [6.07, 6.45) is 2.37. The van der Waals surface area contributed by atoms with Crippen molar-refractivity contribution in [1.29, 1.82) is 0 Å². The Balaban J connectivity index is 0.00000117. The third-order valence-corrected chi connectivity index (χ3v) is 5.01. The lowest BCUT2D eigenvalue weighted by atomic mass is 9.67. The van der Waals surface area contributed by atoms with Gasteiger partial charge in [0.2, 0.25) is 5.91 Å². The fraction of sp³-hybridized carbons (Fsp3) is 0.333. The van der Waals surface area contributed by atoms with Gasteiger partial charge >= 0.3 is 0 Å². The van der Waals surface area contributed by atoms with Crippen molar-refractivity contribution in [3.63, 3.8) is 0 Å². The maximum atomic E-state index is 13.2. The molecule has 0 aliphatic carbocycles. The van der Waals surface area contributed by atoms with Crippen LogP contribution in [0, 0.1) is 0 Å². The fourth-order valence-corrected chi connectivity index (χ4v) is 3.21. The molecule has 0 heterocycles. The molecule has 1 atom stereocenters. The number of hydrogen-bond donors (Lipinski definition) is 1. The second kappa shape index (κ2) is 12.9. The molecular weight excluding hydrogens is 384 g/mol. The molecule has 158 valence electrons. The monoisotopic (exact) mass is 416 g/mol. The Morgan fingerprint density at radius 1 is 1.03 bits per heavy atom. The van der Waals surface area contributed by atoms with Crippen molar-refractivity contribution in [1.82, 2.24) is 4.90 Å². The Hall–Kier alpha value is -2.43. The first-order valence-electron chi connectivity index (χ1n) is 9.52. The number of nitrogens with two attached hydrogens (primary N) is 1. The van der Waals surface area contributed by atoms with E-state index >= 15 is 0 Å². The Kier molecular flexibility index (Phi) is 11.8. The highest BCUT2D eigenvalue weighted by molar-refractivity contribution is 5.93. The van der Waals surface area contributed by atoms with Crippen LogP contribution in [0.4, 0.5) is 0 Å². The number of halogens is 1. The maximum Gasteiger partial charge on any atom is 0.240 e. The van der Waals surface area contributed by atoms with Gasteiger partial charge < -0.3 is 10.6 Å². The second-order valence-electron chi connectivity index (χ2n) is 7.04.